The highest BCUT2D eigenvalue weighted by Crippen LogP contribution is 2.51. The van der Waals surface area contributed by atoms with E-state index in [0.717, 1.165) is 19.4 Å². The molecule has 0 radical (unpaired) electrons. The van der Waals surface area contributed by atoms with E-state index in [0.29, 0.717) is 19.3 Å². The summed E-state index contributed by atoms with van der Waals surface area (Å²) in [6.45, 7) is 1.75. The fraction of sp³-hybridized carbons (Fsp3) is 0.933. The third kappa shape index (κ3) is 6.08. The summed E-state index contributed by atoms with van der Waals surface area (Å²) in [6.07, 6.45) is -5.82. The summed E-state index contributed by atoms with van der Waals surface area (Å²) >= 11 is 0. The standard InChI is InChI=1S/C30H50N2O11/c1-13-7-15-22(17(35)8-13)26(37)24-19(10-18(41-2)16(11-33)23(24)25(15)36)42-29-27(38)28(39)30(40,20(12-34)43-29)5-3-14-4-6-32-21(31)9-14/h13-24,27-29,32-35,38-40H,3-12,31H2,1-2H3/p+1. The van der Waals surface area contributed by atoms with Crippen molar-refractivity contribution in [1.82, 2.24) is 0 Å². The molecule has 2 aliphatic heterocycles. The van der Waals surface area contributed by atoms with E-state index in [2.05, 4.69) is 5.32 Å². The quantitative estimate of drug-likeness (QED) is 0.137. The second-order valence-corrected chi connectivity index (χ2v) is 13.9. The molecule has 246 valence electrons. The lowest BCUT2D eigenvalue weighted by atomic mass is 9.53. The Morgan fingerprint density at radius 3 is 2.40 bits per heavy atom. The molecule has 3 saturated carbocycles. The molecule has 0 bridgehead atoms. The molecule has 0 aromatic carbocycles. The van der Waals surface area contributed by atoms with Crippen LogP contribution in [0.3, 0.4) is 0 Å². The third-order valence-corrected chi connectivity index (χ3v) is 11.3. The van der Waals surface area contributed by atoms with E-state index in [1.807, 2.05) is 6.92 Å². The van der Waals surface area contributed by atoms with Crippen molar-refractivity contribution in [3.05, 3.63) is 0 Å². The molecule has 0 amide bonds. The first-order valence-electron chi connectivity index (χ1n) is 15.9. The van der Waals surface area contributed by atoms with E-state index in [1.165, 1.54) is 7.11 Å². The monoisotopic (exact) mass is 615 g/mol. The number of methoxy groups -OCH3 is 1. The van der Waals surface area contributed by atoms with Crippen LogP contribution in [0.25, 0.3) is 0 Å². The van der Waals surface area contributed by atoms with Crippen LogP contribution in [0.2, 0.25) is 0 Å². The smallest absolute Gasteiger partial charge is 0.187 e. The lowest BCUT2D eigenvalue weighted by Crippen LogP contribution is -2.94. The van der Waals surface area contributed by atoms with Gasteiger partial charge >= 0.3 is 0 Å². The number of ketones is 2. The van der Waals surface area contributed by atoms with Crippen molar-refractivity contribution in [3.8, 4) is 0 Å². The number of nitrogens with two attached hydrogens (primary N) is 2. The molecule has 16 unspecified atom stereocenters. The van der Waals surface area contributed by atoms with Crippen LogP contribution in [0, 0.1) is 41.4 Å². The number of ether oxygens (including phenoxy) is 3. The Labute approximate surface area is 252 Å². The maximum absolute atomic E-state index is 14.0. The Morgan fingerprint density at radius 1 is 1.00 bits per heavy atom. The van der Waals surface area contributed by atoms with Gasteiger partial charge in [0.05, 0.1) is 43.3 Å². The Balaban J connectivity index is 1.37. The van der Waals surface area contributed by atoms with Gasteiger partial charge < -0.3 is 50.2 Å². The van der Waals surface area contributed by atoms with Crippen LogP contribution in [-0.4, -0.2) is 124 Å². The van der Waals surface area contributed by atoms with Crippen LogP contribution in [0.4, 0.5) is 0 Å². The predicted molar refractivity (Wildman–Crippen MR) is 149 cm³/mol. The van der Waals surface area contributed by atoms with Crippen LogP contribution in [-0.2, 0) is 23.8 Å². The minimum atomic E-state index is -1.96. The Bertz CT molecular complexity index is 999. The van der Waals surface area contributed by atoms with Crippen molar-refractivity contribution < 1.29 is 59.8 Å². The average molecular weight is 616 g/mol. The Kier molecular flexibility index (Phi) is 10.3. The zero-order chi connectivity index (χ0) is 31.2. The number of hydrogen-bond acceptors (Lipinski definition) is 12. The molecule has 0 spiro atoms. The van der Waals surface area contributed by atoms with E-state index >= 15 is 0 Å². The summed E-state index contributed by atoms with van der Waals surface area (Å²) in [7, 11) is 1.45. The molecule has 13 nitrogen and oxygen atoms in total. The molecule has 2 saturated heterocycles. The van der Waals surface area contributed by atoms with E-state index in [-0.39, 0.29) is 49.0 Å². The highest BCUT2D eigenvalue weighted by Gasteiger charge is 2.62. The van der Waals surface area contributed by atoms with Crippen molar-refractivity contribution in [2.75, 3.05) is 26.9 Å². The van der Waals surface area contributed by atoms with Gasteiger partial charge in [0.25, 0.3) is 0 Å². The number of quaternary nitrogens is 1. The maximum atomic E-state index is 14.0. The number of carbonyl (C=O) groups excluding carboxylic acids is 2. The zero-order valence-corrected chi connectivity index (χ0v) is 25.1. The molecule has 5 aliphatic rings. The average Bonchev–Trinajstić information content (AvgIpc) is 2.98. The molecule has 16 atom stereocenters. The van der Waals surface area contributed by atoms with Gasteiger partial charge in [-0.2, -0.15) is 0 Å². The third-order valence-electron chi connectivity index (χ3n) is 11.3. The first-order valence-corrected chi connectivity index (χ1v) is 15.9. The van der Waals surface area contributed by atoms with Gasteiger partial charge in [0.1, 0.15) is 41.6 Å². The molecule has 2 heterocycles. The minimum Gasteiger partial charge on any atom is -0.396 e. The molecule has 43 heavy (non-hydrogen) atoms. The second-order valence-electron chi connectivity index (χ2n) is 13.9. The molecule has 13 heteroatoms. The maximum Gasteiger partial charge on any atom is 0.187 e. The van der Waals surface area contributed by atoms with E-state index in [9.17, 15) is 40.2 Å². The van der Waals surface area contributed by atoms with Gasteiger partial charge in [-0.15, -0.1) is 0 Å². The lowest BCUT2D eigenvalue weighted by molar-refractivity contribution is -0.699. The summed E-state index contributed by atoms with van der Waals surface area (Å²) in [6, 6.07) is 0. The van der Waals surface area contributed by atoms with Crippen LogP contribution < -0.4 is 11.1 Å². The van der Waals surface area contributed by atoms with Crippen LogP contribution >= 0.6 is 0 Å². The predicted octanol–water partition coefficient (Wildman–Crippen LogP) is -2.99. The fourth-order valence-electron chi connectivity index (χ4n) is 8.96. The van der Waals surface area contributed by atoms with Gasteiger partial charge in [0, 0.05) is 44.3 Å². The SMILES string of the molecule is COC1CC(OC2OC(CO)C(O)(CCC3CC[NH2+]C(N)C3)C(O)C2O)C2C(=O)C3C(O)CC(C)CC3C(=O)C2C1CO. The number of hydrogen-bond donors (Lipinski definition) is 8. The van der Waals surface area contributed by atoms with Crippen molar-refractivity contribution >= 4 is 11.6 Å². The summed E-state index contributed by atoms with van der Waals surface area (Å²) in [4.78, 5) is 28.0. The number of aliphatic hydroxyl groups is 6. The van der Waals surface area contributed by atoms with Crippen LogP contribution in [0.1, 0.15) is 51.9 Å². The lowest BCUT2D eigenvalue weighted by Gasteiger charge is -2.54. The number of carbonyl (C=O) groups is 2. The first kappa shape index (κ1) is 33.3. The van der Waals surface area contributed by atoms with Gasteiger partial charge in [0.2, 0.25) is 0 Å². The summed E-state index contributed by atoms with van der Waals surface area (Å²) in [5.74, 6) is -4.43. The number of piperidine rings is 1. The number of Topliss-reactive ketones (excluding diaryl/α,β-unsaturated/α-hetero) is 2. The van der Waals surface area contributed by atoms with Crippen LogP contribution in [0.15, 0.2) is 0 Å². The topological polar surface area (TPSA) is 226 Å². The molecule has 5 rings (SSSR count). The fourth-order valence-corrected chi connectivity index (χ4v) is 8.96. The van der Waals surface area contributed by atoms with Crippen LogP contribution in [0.5, 0.6) is 0 Å². The molecule has 3 aliphatic carbocycles. The van der Waals surface area contributed by atoms with Gasteiger partial charge in [0.15, 0.2) is 6.29 Å². The number of rotatable bonds is 8. The Morgan fingerprint density at radius 2 is 1.74 bits per heavy atom. The van der Waals surface area contributed by atoms with E-state index < -0.39 is 84.7 Å². The molecule has 0 aromatic rings. The summed E-state index contributed by atoms with van der Waals surface area (Å²) in [5.41, 5.74) is 4.10. The number of fused-ring (bicyclic) bond motifs is 2. The molecular formula is C30H51N2O11+. The van der Waals surface area contributed by atoms with E-state index in [4.69, 9.17) is 19.9 Å². The molecular weight excluding hydrogens is 564 g/mol. The van der Waals surface area contributed by atoms with Crippen molar-refractivity contribution in [2.45, 2.75) is 107 Å². The molecule has 0 aromatic heterocycles. The number of aliphatic hydroxyl groups excluding tert-OH is 5. The highest BCUT2D eigenvalue weighted by atomic mass is 16.7. The minimum absolute atomic E-state index is 0.0404. The highest BCUT2D eigenvalue weighted by molar-refractivity contribution is 6.00. The van der Waals surface area contributed by atoms with Gasteiger partial charge in [-0.1, -0.05) is 6.92 Å². The van der Waals surface area contributed by atoms with Crippen molar-refractivity contribution in [3.63, 3.8) is 0 Å². The first-order chi connectivity index (χ1) is 20.4. The normalized spacial score (nSPS) is 50.7. The van der Waals surface area contributed by atoms with E-state index in [1.54, 1.807) is 0 Å². The molecule has 5 fully saturated rings. The van der Waals surface area contributed by atoms with Gasteiger partial charge in [-0.3, -0.25) is 15.3 Å². The summed E-state index contributed by atoms with van der Waals surface area (Å²) < 4.78 is 17.8. The van der Waals surface area contributed by atoms with Crippen molar-refractivity contribution in [1.29, 1.82) is 0 Å². The van der Waals surface area contributed by atoms with Gasteiger partial charge in [-0.25, -0.2) is 0 Å². The Hall–Kier alpha value is -1.10. The largest absolute Gasteiger partial charge is 0.396 e. The van der Waals surface area contributed by atoms with Crippen molar-refractivity contribution in [2.24, 2.45) is 47.2 Å². The van der Waals surface area contributed by atoms with Gasteiger partial charge in [-0.05, 0) is 43.9 Å². The summed E-state index contributed by atoms with van der Waals surface area (Å²) in [5, 5.41) is 67.3. The zero-order valence-electron chi connectivity index (χ0n) is 25.1. The molecule has 10 N–H and O–H groups in total. The second kappa shape index (κ2) is 13.3.